The number of hydrogen-bond donors (Lipinski definition) is 6. The molecule has 1 fully saturated rings. The summed E-state index contributed by atoms with van der Waals surface area (Å²) in [6, 6.07) is 6.43. The van der Waals surface area contributed by atoms with Crippen LogP contribution in [0.15, 0.2) is 43.0 Å². The number of alkyl halides is 3. The van der Waals surface area contributed by atoms with Gasteiger partial charge in [0, 0.05) is 49.5 Å². The van der Waals surface area contributed by atoms with Gasteiger partial charge in [0.2, 0.25) is 5.91 Å². The molecule has 0 radical (unpaired) electrons. The highest BCUT2D eigenvalue weighted by atomic mass is 19.4. The number of carbonyl (C=O) groups is 3. The zero-order valence-corrected chi connectivity index (χ0v) is 25.0. The van der Waals surface area contributed by atoms with Crippen LogP contribution in [0.5, 0.6) is 0 Å². The first-order chi connectivity index (χ1) is 22.5. The van der Waals surface area contributed by atoms with Gasteiger partial charge in [0.05, 0.1) is 35.7 Å². The molecule has 47 heavy (non-hydrogen) atoms. The molecule has 4 heterocycles. The first-order valence-electron chi connectivity index (χ1n) is 14.2. The lowest BCUT2D eigenvalue weighted by Crippen LogP contribution is -2.41. The number of benzene rings is 1. The van der Waals surface area contributed by atoms with Gasteiger partial charge in [-0.05, 0) is 43.5 Å². The molecule has 2 atom stereocenters. The largest absolute Gasteiger partial charge is 0.483 e. The van der Waals surface area contributed by atoms with Gasteiger partial charge >= 0.3 is 6.18 Å². The lowest BCUT2D eigenvalue weighted by atomic mass is 10.1. The Morgan fingerprint density at radius 2 is 1.98 bits per heavy atom. The zero-order chi connectivity index (χ0) is 34.1. The summed E-state index contributed by atoms with van der Waals surface area (Å²) in [6.45, 7) is 2.29. The first kappa shape index (κ1) is 34.3. The highest BCUT2D eigenvalue weighted by Crippen LogP contribution is 2.37. The maximum Gasteiger partial charge on any atom is 0.435 e. The molecule has 18 heteroatoms. The Morgan fingerprint density at radius 3 is 2.64 bits per heavy atom. The molecule has 1 aliphatic rings. The van der Waals surface area contributed by atoms with Crippen LogP contribution >= 0.6 is 0 Å². The Bertz CT molecular complexity index is 1780. The van der Waals surface area contributed by atoms with E-state index in [9.17, 15) is 27.9 Å². The van der Waals surface area contributed by atoms with E-state index in [-0.39, 0.29) is 47.6 Å². The van der Waals surface area contributed by atoms with Crippen molar-refractivity contribution in [3.05, 3.63) is 59.8 Å². The monoisotopic (exact) mass is 656 g/mol. The molecule has 0 unspecified atom stereocenters. The second-order valence-corrected chi connectivity index (χ2v) is 10.4. The van der Waals surface area contributed by atoms with Crippen LogP contribution in [0.25, 0.3) is 16.9 Å². The van der Waals surface area contributed by atoms with Crippen molar-refractivity contribution in [1.82, 2.24) is 40.1 Å². The quantitative estimate of drug-likeness (QED) is 0.107. The van der Waals surface area contributed by atoms with Gasteiger partial charge in [0.15, 0.2) is 17.2 Å². The number of fused-ring (bicyclic) bond motifs is 1. The van der Waals surface area contributed by atoms with Gasteiger partial charge in [-0.1, -0.05) is 0 Å². The minimum atomic E-state index is -4.74. The molecule has 15 nitrogen and oxygen atoms in total. The van der Waals surface area contributed by atoms with E-state index in [0.717, 1.165) is 10.9 Å². The third kappa shape index (κ3) is 8.39. The van der Waals surface area contributed by atoms with Crippen molar-refractivity contribution in [2.75, 3.05) is 25.0 Å². The van der Waals surface area contributed by atoms with Crippen molar-refractivity contribution in [2.24, 2.45) is 0 Å². The normalized spacial score (nSPS) is 15.7. The zero-order valence-electron chi connectivity index (χ0n) is 25.0. The van der Waals surface area contributed by atoms with Crippen molar-refractivity contribution in [2.45, 2.75) is 44.6 Å². The van der Waals surface area contributed by atoms with Crippen LogP contribution in [-0.4, -0.2) is 84.4 Å². The molecular weight excluding hydrogens is 625 g/mol. The fourth-order valence-corrected chi connectivity index (χ4v) is 4.95. The third-order valence-electron chi connectivity index (χ3n) is 7.06. The van der Waals surface area contributed by atoms with E-state index in [2.05, 4.69) is 36.3 Å². The maximum atomic E-state index is 13.7. The molecule has 0 bridgehead atoms. The predicted octanol–water partition coefficient (Wildman–Crippen LogP) is 1.85. The Hall–Kier alpha value is -5.54. The number of nitrogens with one attached hydrogen (secondary N) is 4. The number of amides is 2. The van der Waals surface area contributed by atoms with Gasteiger partial charge in [-0.3, -0.25) is 23.5 Å². The molecule has 6 N–H and O–H groups in total. The van der Waals surface area contributed by atoms with Crippen molar-refractivity contribution < 1.29 is 37.8 Å². The fraction of sp³-hybridized carbons (Fsp3) is 0.345. The topological polar surface area (TPSA) is 212 Å². The highest BCUT2D eigenvalue weighted by molar-refractivity contribution is 5.96. The average Bonchev–Trinajstić information content (AvgIpc) is 3.76. The smallest absolute Gasteiger partial charge is 0.435 e. The second-order valence-electron chi connectivity index (χ2n) is 10.4. The summed E-state index contributed by atoms with van der Waals surface area (Å²) in [6.07, 6.45) is 0.970. The van der Waals surface area contributed by atoms with E-state index < -0.39 is 24.0 Å². The number of anilines is 2. The number of nitrogens with zero attached hydrogens (tertiary/aromatic N) is 6. The molecule has 1 aromatic carbocycles. The number of nitriles is 1. The molecule has 1 aliphatic heterocycles. The summed E-state index contributed by atoms with van der Waals surface area (Å²) < 4.78 is 43.5. The van der Waals surface area contributed by atoms with Crippen LogP contribution in [0.4, 0.5) is 24.7 Å². The van der Waals surface area contributed by atoms with Crippen LogP contribution < -0.4 is 21.3 Å². The number of aliphatic hydroxyl groups is 1. The number of imidazole rings is 1. The molecule has 248 valence electrons. The third-order valence-corrected chi connectivity index (χ3v) is 7.06. The molecule has 3 aromatic heterocycles. The molecule has 0 saturated carbocycles. The Balaban J connectivity index is 0.00000160. The molecule has 5 rings (SSSR count). The van der Waals surface area contributed by atoms with Gasteiger partial charge in [-0.2, -0.15) is 23.5 Å². The van der Waals surface area contributed by atoms with E-state index in [4.69, 9.17) is 15.2 Å². The molecule has 1 saturated heterocycles. The molecular formula is C29H31F3N10O5. The van der Waals surface area contributed by atoms with Crippen LogP contribution in [0.3, 0.4) is 0 Å². The number of carboxylic acid groups (broad SMARTS) is 1. The number of rotatable bonds is 10. The van der Waals surface area contributed by atoms with Gasteiger partial charge < -0.3 is 31.5 Å². The van der Waals surface area contributed by atoms with Crippen molar-refractivity contribution >= 4 is 35.4 Å². The number of aromatic nitrogens is 5. The second kappa shape index (κ2) is 15.2. The molecule has 2 amide bonds. The average molecular weight is 657 g/mol. The summed E-state index contributed by atoms with van der Waals surface area (Å²) in [5.74, 6) is -0.185. The maximum absolute atomic E-state index is 13.7. The van der Waals surface area contributed by atoms with Gasteiger partial charge in [-0.15, -0.1) is 0 Å². The van der Waals surface area contributed by atoms with Gasteiger partial charge in [0.1, 0.15) is 6.54 Å². The Labute approximate surface area is 265 Å². The molecule has 4 aromatic rings. The number of aliphatic hydroxyl groups excluding tert-OH is 1. The fourth-order valence-electron chi connectivity index (χ4n) is 4.95. The van der Waals surface area contributed by atoms with Crippen molar-refractivity contribution in [1.29, 1.82) is 5.26 Å². The minimum Gasteiger partial charge on any atom is -0.483 e. The number of hydrogen-bond acceptors (Lipinski definition) is 10. The molecule has 0 aliphatic carbocycles. The Morgan fingerprint density at radius 1 is 1.23 bits per heavy atom. The standard InChI is InChI=1S/C28H29F3N10O3.CH2O2/c1-16-11-17(3-4-19(16)26(43)34-6-2-7-35-27(44)21-12-18(42)13-36-21)38-24-25-37-14-22(41(25)10-8-33-24)20-15-40(9-5-32)39-23(20)28(29,30)31;2-1-3/h3-4,8,10-11,14-15,18,21,36,42H,2,6-7,9,12-13H2,1H3,(H,33,38)(H,34,43)(H,35,44);1H,(H,2,3)/t18-,21+;/m1./s1. The van der Waals surface area contributed by atoms with E-state index in [0.29, 0.717) is 49.3 Å². The number of β-amino-alcohol motifs (C(OH)–C–C–N with tert-alkyl or cyclic N) is 1. The van der Waals surface area contributed by atoms with E-state index in [1.165, 1.54) is 23.0 Å². The summed E-state index contributed by atoms with van der Waals surface area (Å²) in [4.78, 5) is 41.8. The molecule has 0 spiro atoms. The summed E-state index contributed by atoms with van der Waals surface area (Å²) in [5, 5.41) is 40.5. The number of carbonyl (C=O) groups excluding carboxylic acids is 2. The van der Waals surface area contributed by atoms with Crippen LogP contribution in [-0.2, 0) is 22.3 Å². The van der Waals surface area contributed by atoms with E-state index >= 15 is 0 Å². The summed E-state index contributed by atoms with van der Waals surface area (Å²) in [7, 11) is 0. The number of aryl methyl sites for hydroxylation is 1. The summed E-state index contributed by atoms with van der Waals surface area (Å²) >= 11 is 0. The van der Waals surface area contributed by atoms with E-state index in [1.54, 1.807) is 31.2 Å². The SMILES string of the molecule is Cc1cc(Nc2nccn3c(-c4cn(CC#N)nc4C(F)(F)F)cnc23)ccc1C(=O)NCCCNC(=O)[C@@H]1C[C@@H](O)CN1.O=CO. The summed E-state index contributed by atoms with van der Waals surface area (Å²) in [5.41, 5.74) is 0.729. The predicted molar refractivity (Wildman–Crippen MR) is 160 cm³/mol. The minimum absolute atomic E-state index is 0.124. The first-order valence-corrected chi connectivity index (χ1v) is 14.2. The van der Waals surface area contributed by atoms with Crippen molar-refractivity contribution in [3.63, 3.8) is 0 Å². The van der Waals surface area contributed by atoms with E-state index in [1.807, 2.05) is 0 Å². The lowest BCUT2D eigenvalue weighted by Gasteiger charge is -2.13. The van der Waals surface area contributed by atoms with Crippen LogP contribution in [0.1, 0.15) is 34.5 Å². The highest BCUT2D eigenvalue weighted by Gasteiger charge is 2.38. The van der Waals surface area contributed by atoms with Crippen LogP contribution in [0, 0.1) is 18.3 Å². The Kier molecular flexibility index (Phi) is 11.1. The van der Waals surface area contributed by atoms with Crippen LogP contribution in [0.2, 0.25) is 0 Å². The van der Waals surface area contributed by atoms with Crippen molar-refractivity contribution in [3.8, 4) is 17.3 Å². The number of halogens is 3. The van der Waals surface area contributed by atoms with Gasteiger partial charge in [0.25, 0.3) is 12.4 Å². The van der Waals surface area contributed by atoms with Gasteiger partial charge in [-0.25, -0.2) is 9.97 Å². The lowest BCUT2D eigenvalue weighted by molar-refractivity contribution is -0.141.